The van der Waals surface area contributed by atoms with E-state index in [9.17, 15) is 9.59 Å². The minimum atomic E-state index is -0.517. The van der Waals surface area contributed by atoms with Crippen LogP contribution in [0.2, 0.25) is 5.02 Å². The Bertz CT molecular complexity index is 1200. The summed E-state index contributed by atoms with van der Waals surface area (Å²) in [4.78, 5) is 31.2. The zero-order valence-corrected chi connectivity index (χ0v) is 19.1. The standard InChI is InChI=1S/C24H18ClN3O2S2/c25-17-11-12-21(26-15-17)28-24(30)22(16-6-2-1-3-7-16)32-19-9-4-8-18(14-19)27-23(29)20-10-5-13-31-20/h1-15,22H,(H,27,29)(H,26,28,30). The van der Waals surface area contributed by atoms with Crippen LogP contribution in [0, 0.1) is 0 Å². The molecule has 2 aromatic carbocycles. The second-order valence-corrected chi connectivity index (χ2v) is 9.28. The van der Waals surface area contributed by atoms with Crippen molar-refractivity contribution < 1.29 is 9.59 Å². The fourth-order valence-electron chi connectivity index (χ4n) is 2.93. The number of nitrogens with one attached hydrogen (secondary N) is 2. The second-order valence-electron chi connectivity index (χ2n) is 6.72. The Morgan fingerprint density at radius 1 is 0.938 bits per heavy atom. The number of carbonyl (C=O) groups excluding carboxylic acids is 2. The van der Waals surface area contributed by atoms with Crippen LogP contribution in [0.15, 0.2) is 95.3 Å². The molecule has 2 aromatic heterocycles. The van der Waals surface area contributed by atoms with Crippen molar-refractivity contribution in [2.75, 3.05) is 10.6 Å². The van der Waals surface area contributed by atoms with Gasteiger partial charge in [0.15, 0.2) is 0 Å². The average Bonchev–Trinajstić information content (AvgIpc) is 3.35. The van der Waals surface area contributed by atoms with E-state index in [-0.39, 0.29) is 11.8 Å². The van der Waals surface area contributed by atoms with E-state index in [4.69, 9.17) is 11.6 Å². The number of hydrogen-bond acceptors (Lipinski definition) is 5. The molecule has 0 spiro atoms. The predicted octanol–water partition coefficient (Wildman–Crippen LogP) is 6.52. The molecule has 160 valence electrons. The number of nitrogens with zero attached hydrogens (tertiary/aromatic N) is 1. The Morgan fingerprint density at radius 3 is 2.50 bits per heavy atom. The third kappa shape index (κ3) is 5.76. The van der Waals surface area contributed by atoms with E-state index in [2.05, 4.69) is 15.6 Å². The molecular weight excluding hydrogens is 462 g/mol. The van der Waals surface area contributed by atoms with Gasteiger partial charge in [-0.25, -0.2) is 4.98 Å². The first-order chi connectivity index (χ1) is 15.6. The first-order valence-corrected chi connectivity index (χ1v) is 11.8. The first-order valence-electron chi connectivity index (χ1n) is 9.67. The quantitative estimate of drug-likeness (QED) is 0.296. The maximum atomic E-state index is 13.1. The fraction of sp³-hybridized carbons (Fsp3) is 0.0417. The number of thioether (sulfide) groups is 1. The molecule has 0 fully saturated rings. The van der Waals surface area contributed by atoms with E-state index in [0.29, 0.717) is 21.4 Å². The van der Waals surface area contributed by atoms with E-state index < -0.39 is 5.25 Å². The normalized spacial score (nSPS) is 11.5. The highest BCUT2D eigenvalue weighted by Gasteiger charge is 2.23. The monoisotopic (exact) mass is 479 g/mol. The zero-order valence-electron chi connectivity index (χ0n) is 16.7. The smallest absolute Gasteiger partial charge is 0.265 e. The summed E-state index contributed by atoms with van der Waals surface area (Å²) in [6, 6.07) is 23.9. The van der Waals surface area contributed by atoms with Crippen molar-refractivity contribution in [1.29, 1.82) is 0 Å². The molecule has 0 saturated carbocycles. The van der Waals surface area contributed by atoms with Crippen molar-refractivity contribution in [2.45, 2.75) is 10.1 Å². The number of anilines is 2. The maximum Gasteiger partial charge on any atom is 0.265 e. The van der Waals surface area contributed by atoms with Crippen LogP contribution in [0.1, 0.15) is 20.5 Å². The summed E-state index contributed by atoms with van der Waals surface area (Å²) in [7, 11) is 0. The van der Waals surface area contributed by atoms with Gasteiger partial charge in [-0.2, -0.15) is 0 Å². The van der Waals surface area contributed by atoms with Crippen LogP contribution in [0.25, 0.3) is 0 Å². The molecule has 1 unspecified atom stereocenters. The van der Waals surface area contributed by atoms with Crippen molar-refractivity contribution in [3.8, 4) is 0 Å². The van der Waals surface area contributed by atoms with Crippen molar-refractivity contribution >= 4 is 58.0 Å². The van der Waals surface area contributed by atoms with Crippen LogP contribution in [0.5, 0.6) is 0 Å². The molecule has 4 aromatic rings. The fourth-order valence-corrected chi connectivity index (χ4v) is 4.74. The van der Waals surface area contributed by atoms with Crippen LogP contribution >= 0.6 is 34.7 Å². The predicted molar refractivity (Wildman–Crippen MR) is 132 cm³/mol. The molecule has 5 nitrogen and oxygen atoms in total. The number of rotatable bonds is 7. The maximum absolute atomic E-state index is 13.1. The summed E-state index contributed by atoms with van der Waals surface area (Å²) in [6.07, 6.45) is 1.49. The molecule has 2 heterocycles. The van der Waals surface area contributed by atoms with Crippen molar-refractivity contribution in [1.82, 2.24) is 4.98 Å². The number of pyridine rings is 1. The number of hydrogen-bond donors (Lipinski definition) is 2. The molecule has 2 amide bonds. The Morgan fingerprint density at radius 2 is 1.78 bits per heavy atom. The van der Waals surface area contributed by atoms with Gasteiger partial charge in [-0.3, -0.25) is 9.59 Å². The third-order valence-electron chi connectivity index (χ3n) is 4.41. The summed E-state index contributed by atoms with van der Waals surface area (Å²) in [6.45, 7) is 0. The topological polar surface area (TPSA) is 71.1 Å². The Kier molecular flexibility index (Phi) is 7.21. The Labute approximate surface area is 198 Å². The van der Waals surface area contributed by atoms with Gasteiger partial charge in [-0.05, 0) is 47.3 Å². The van der Waals surface area contributed by atoms with Crippen LogP contribution in [0.3, 0.4) is 0 Å². The molecule has 1 atom stereocenters. The second kappa shape index (κ2) is 10.5. The molecule has 0 aliphatic rings. The molecule has 2 N–H and O–H groups in total. The average molecular weight is 480 g/mol. The first kappa shape index (κ1) is 22.1. The van der Waals surface area contributed by atoms with Gasteiger partial charge in [-0.15, -0.1) is 23.1 Å². The van der Waals surface area contributed by atoms with E-state index in [1.807, 2.05) is 66.0 Å². The third-order valence-corrected chi connectivity index (χ3v) is 6.75. The van der Waals surface area contributed by atoms with Gasteiger partial charge in [0.05, 0.1) is 9.90 Å². The molecule has 4 rings (SSSR count). The summed E-state index contributed by atoms with van der Waals surface area (Å²) in [5.74, 6) is 0.0651. The molecule has 8 heteroatoms. The molecule has 0 bridgehead atoms. The summed E-state index contributed by atoms with van der Waals surface area (Å²) >= 11 is 8.67. The summed E-state index contributed by atoms with van der Waals surface area (Å²) in [5.41, 5.74) is 1.52. The summed E-state index contributed by atoms with van der Waals surface area (Å²) in [5, 5.41) is 7.61. The van der Waals surface area contributed by atoms with Gasteiger partial charge in [0, 0.05) is 16.8 Å². The van der Waals surface area contributed by atoms with E-state index in [1.54, 1.807) is 18.2 Å². The number of carbonyl (C=O) groups is 2. The zero-order chi connectivity index (χ0) is 22.3. The van der Waals surface area contributed by atoms with Gasteiger partial charge < -0.3 is 10.6 Å². The number of thiophene rings is 1. The number of aromatic nitrogens is 1. The lowest BCUT2D eigenvalue weighted by molar-refractivity contribution is -0.115. The lowest BCUT2D eigenvalue weighted by atomic mass is 10.1. The van der Waals surface area contributed by atoms with Gasteiger partial charge >= 0.3 is 0 Å². The minimum Gasteiger partial charge on any atom is -0.321 e. The SMILES string of the molecule is O=C(Nc1cccc(SC(C(=O)Nc2ccc(Cl)cn2)c2ccccc2)c1)c1cccs1. The highest BCUT2D eigenvalue weighted by atomic mass is 35.5. The van der Waals surface area contributed by atoms with Crippen LogP contribution < -0.4 is 10.6 Å². The Balaban J connectivity index is 1.54. The van der Waals surface area contributed by atoms with E-state index in [0.717, 1.165) is 10.5 Å². The van der Waals surface area contributed by atoms with Gasteiger partial charge in [0.25, 0.3) is 5.91 Å². The van der Waals surface area contributed by atoms with Crippen LogP contribution in [-0.2, 0) is 4.79 Å². The van der Waals surface area contributed by atoms with Crippen LogP contribution in [0.4, 0.5) is 11.5 Å². The summed E-state index contributed by atoms with van der Waals surface area (Å²) < 4.78 is 0. The van der Waals surface area contributed by atoms with Crippen molar-refractivity contribution in [2.24, 2.45) is 0 Å². The van der Waals surface area contributed by atoms with Crippen molar-refractivity contribution in [3.63, 3.8) is 0 Å². The van der Waals surface area contributed by atoms with E-state index in [1.165, 1.54) is 29.3 Å². The molecule has 0 radical (unpaired) electrons. The highest BCUT2D eigenvalue weighted by Crippen LogP contribution is 2.37. The number of benzene rings is 2. The molecule has 32 heavy (non-hydrogen) atoms. The van der Waals surface area contributed by atoms with Crippen LogP contribution in [-0.4, -0.2) is 16.8 Å². The largest absolute Gasteiger partial charge is 0.321 e. The van der Waals surface area contributed by atoms with Gasteiger partial charge in [-0.1, -0.05) is 54.1 Å². The van der Waals surface area contributed by atoms with E-state index >= 15 is 0 Å². The van der Waals surface area contributed by atoms with Gasteiger partial charge in [0.2, 0.25) is 5.91 Å². The highest BCUT2D eigenvalue weighted by molar-refractivity contribution is 8.00. The molecule has 0 saturated heterocycles. The molecule has 0 aliphatic carbocycles. The lowest BCUT2D eigenvalue weighted by Gasteiger charge is -2.17. The number of amides is 2. The molecule has 0 aliphatic heterocycles. The van der Waals surface area contributed by atoms with Crippen molar-refractivity contribution in [3.05, 3.63) is 106 Å². The van der Waals surface area contributed by atoms with Gasteiger partial charge in [0.1, 0.15) is 11.1 Å². The Hall–Kier alpha value is -3.13. The number of halogens is 1. The minimum absolute atomic E-state index is 0.159. The lowest BCUT2D eigenvalue weighted by Crippen LogP contribution is -2.19. The molecular formula is C24H18ClN3O2S2.